The van der Waals surface area contributed by atoms with Crippen molar-refractivity contribution in [3.63, 3.8) is 0 Å². The lowest BCUT2D eigenvalue weighted by Crippen LogP contribution is -2.28. The molecule has 2 aromatic carbocycles. The molecule has 0 atom stereocenters. The van der Waals surface area contributed by atoms with Gasteiger partial charge in [0, 0.05) is 12.1 Å². The van der Waals surface area contributed by atoms with Crippen molar-refractivity contribution in [2.45, 2.75) is 20.0 Å². The zero-order valence-electron chi connectivity index (χ0n) is 16.5. The Balaban J connectivity index is 1.85. The Bertz CT molecular complexity index is 1060. The van der Waals surface area contributed by atoms with Crippen molar-refractivity contribution in [3.8, 4) is 17.6 Å². The minimum Gasteiger partial charge on any atom is -0.493 e. The second kappa shape index (κ2) is 10.3. The van der Waals surface area contributed by atoms with Crippen molar-refractivity contribution in [1.82, 2.24) is 4.90 Å². The second-order valence-corrected chi connectivity index (χ2v) is 9.26. The first-order valence-corrected chi connectivity index (χ1v) is 11.5. The van der Waals surface area contributed by atoms with Gasteiger partial charge >= 0.3 is 0 Å². The summed E-state index contributed by atoms with van der Waals surface area (Å²) in [7, 11) is 1.58. The standard InChI is InChI=1S/C22H19IN2O3S2/c1-3-8-25-21(26)19(30-22(25)29)11-14-9-17(23)20(18(10-14)27-2)28-13-16-7-5-4-6-15(16)12-24/h4-7,9-11H,3,8,13H2,1-2H3. The van der Waals surface area contributed by atoms with E-state index >= 15 is 0 Å². The molecule has 3 rings (SSSR count). The van der Waals surface area contributed by atoms with Crippen LogP contribution >= 0.6 is 46.6 Å². The van der Waals surface area contributed by atoms with Crippen LogP contribution in [0.1, 0.15) is 30.0 Å². The number of thiocarbonyl (C=S) groups is 1. The van der Waals surface area contributed by atoms with Crippen molar-refractivity contribution in [2.24, 2.45) is 0 Å². The number of ether oxygens (including phenoxy) is 2. The first kappa shape index (κ1) is 22.6. The van der Waals surface area contributed by atoms with Gasteiger partial charge in [0.25, 0.3) is 5.91 Å². The average molecular weight is 550 g/mol. The number of hydrogen-bond donors (Lipinski definition) is 0. The molecule has 0 unspecified atom stereocenters. The minimum atomic E-state index is -0.0609. The molecule has 1 heterocycles. The summed E-state index contributed by atoms with van der Waals surface area (Å²) in [5, 5.41) is 9.26. The van der Waals surface area contributed by atoms with E-state index in [0.717, 1.165) is 21.1 Å². The average Bonchev–Trinajstić information content (AvgIpc) is 3.00. The van der Waals surface area contributed by atoms with E-state index in [1.807, 2.05) is 43.3 Å². The van der Waals surface area contributed by atoms with Gasteiger partial charge in [0.2, 0.25) is 0 Å². The van der Waals surface area contributed by atoms with Crippen LogP contribution in [0.4, 0.5) is 0 Å². The second-order valence-electron chi connectivity index (χ2n) is 6.43. The number of benzene rings is 2. The molecule has 0 aromatic heterocycles. The van der Waals surface area contributed by atoms with E-state index in [1.54, 1.807) is 18.1 Å². The normalized spacial score (nSPS) is 14.9. The zero-order chi connectivity index (χ0) is 21.7. The Morgan fingerprint density at radius 3 is 2.80 bits per heavy atom. The smallest absolute Gasteiger partial charge is 0.266 e. The van der Waals surface area contributed by atoms with E-state index in [9.17, 15) is 10.1 Å². The number of thioether (sulfide) groups is 1. The van der Waals surface area contributed by atoms with Gasteiger partial charge in [-0.05, 0) is 58.9 Å². The summed E-state index contributed by atoms with van der Waals surface area (Å²) < 4.78 is 13.0. The van der Waals surface area contributed by atoms with Crippen LogP contribution in [-0.2, 0) is 11.4 Å². The van der Waals surface area contributed by atoms with Crippen LogP contribution in [0.2, 0.25) is 0 Å². The summed E-state index contributed by atoms with van der Waals surface area (Å²) in [5.74, 6) is 1.10. The molecule has 0 aliphatic carbocycles. The first-order valence-electron chi connectivity index (χ1n) is 9.22. The maximum atomic E-state index is 12.6. The van der Waals surface area contributed by atoms with Crippen LogP contribution in [0.3, 0.4) is 0 Å². The van der Waals surface area contributed by atoms with Crippen LogP contribution in [0.25, 0.3) is 6.08 Å². The summed E-state index contributed by atoms with van der Waals surface area (Å²) in [4.78, 5) is 14.8. The number of carbonyl (C=O) groups is 1. The number of hydrogen-bond acceptors (Lipinski definition) is 6. The highest BCUT2D eigenvalue weighted by Crippen LogP contribution is 2.37. The van der Waals surface area contributed by atoms with Crippen LogP contribution in [0.15, 0.2) is 41.3 Å². The highest BCUT2D eigenvalue weighted by Gasteiger charge is 2.31. The predicted molar refractivity (Wildman–Crippen MR) is 131 cm³/mol. The molecule has 0 spiro atoms. The number of methoxy groups -OCH3 is 1. The number of halogens is 1. The van der Waals surface area contributed by atoms with Gasteiger partial charge in [-0.25, -0.2) is 0 Å². The molecule has 0 saturated carbocycles. The quantitative estimate of drug-likeness (QED) is 0.263. The Kier molecular flexibility index (Phi) is 7.75. The molecule has 1 aliphatic heterocycles. The molecular formula is C22H19IN2O3S2. The molecule has 0 N–H and O–H groups in total. The van der Waals surface area contributed by atoms with Gasteiger partial charge < -0.3 is 9.47 Å². The summed E-state index contributed by atoms with van der Waals surface area (Å²) >= 11 is 8.83. The van der Waals surface area contributed by atoms with E-state index in [1.165, 1.54) is 11.8 Å². The van der Waals surface area contributed by atoms with Gasteiger partial charge in [-0.3, -0.25) is 9.69 Å². The maximum Gasteiger partial charge on any atom is 0.266 e. The summed E-state index contributed by atoms with van der Waals surface area (Å²) in [6.07, 6.45) is 2.68. The van der Waals surface area contributed by atoms with Crippen molar-refractivity contribution in [3.05, 3.63) is 61.6 Å². The molecule has 1 amide bonds. The van der Waals surface area contributed by atoms with E-state index in [0.29, 0.717) is 32.8 Å². The molecule has 8 heteroatoms. The van der Waals surface area contributed by atoms with Crippen molar-refractivity contribution in [1.29, 1.82) is 5.26 Å². The lowest BCUT2D eigenvalue weighted by molar-refractivity contribution is -0.122. The summed E-state index contributed by atoms with van der Waals surface area (Å²) in [6.45, 7) is 2.90. The van der Waals surface area contributed by atoms with Crippen LogP contribution < -0.4 is 9.47 Å². The largest absolute Gasteiger partial charge is 0.493 e. The van der Waals surface area contributed by atoms with E-state index in [2.05, 4.69) is 28.7 Å². The van der Waals surface area contributed by atoms with E-state index in [-0.39, 0.29) is 12.5 Å². The van der Waals surface area contributed by atoms with Crippen molar-refractivity contribution < 1.29 is 14.3 Å². The third-order valence-corrected chi connectivity index (χ3v) is 6.56. The predicted octanol–water partition coefficient (Wildman–Crippen LogP) is 5.36. The van der Waals surface area contributed by atoms with Gasteiger partial charge in [0.05, 0.1) is 27.2 Å². The minimum absolute atomic E-state index is 0.0609. The van der Waals surface area contributed by atoms with E-state index < -0.39 is 0 Å². The molecule has 1 fully saturated rings. The molecule has 30 heavy (non-hydrogen) atoms. The fraction of sp³-hybridized carbons (Fsp3) is 0.227. The summed E-state index contributed by atoms with van der Waals surface area (Å²) in [6, 6.07) is 13.3. The van der Waals surface area contributed by atoms with Crippen LogP contribution in [-0.4, -0.2) is 28.8 Å². The van der Waals surface area contributed by atoms with Gasteiger partial charge in [0.1, 0.15) is 10.9 Å². The van der Waals surface area contributed by atoms with Crippen LogP contribution in [0.5, 0.6) is 11.5 Å². The molecular weight excluding hydrogens is 531 g/mol. The first-order chi connectivity index (χ1) is 14.5. The van der Waals surface area contributed by atoms with Crippen molar-refractivity contribution in [2.75, 3.05) is 13.7 Å². The topological polar surface area (TPSA) is 62.6 Å². The summed E-state index contributed by atoms with van der Waals surface area (Å²) in [5.41, 5.74) is 2.22. The lowest BCUT2D eigenvalue weighted by Gasteiger charge is -2.14. The molecule has 5 nitrogen and oxygen atoms in total. The number of rotatable bonds is 7. The zero-order valence-corrected chi connectivity index (χ0v) is 20.3. The molecule has 1 aliphatic rings. The van der Waals surface area contributed by atoms with E-state index in [4.69, 9.17) is 21.7 Å². The Morgan fingerprint density at radius 1 is 1.33 bits per heavy atom. The lowest BCUT2D eigenvalue weighted by atomic mass is 10.1. The molecule has 0 bridgehead atoms. The molecule has 154 valence electrons. The number of amides is 1. The number of nitriles is 1. The molecule has 2 aromatic rings. The highest BCUT2D eigenvalue weighted by atomic mass is 127. The molecule has 0 radical (unpaired) electrons. The monoisotopic (exact) mass is 550 g/mol. The fourth-order valence-electron chi connectivity index (χ4n) is 2.94. The van der Waals surface area contributed by atoms with Gasteiger partial charge in [-0.2, -0.15) is 5.26 Å². The highest BCUT2D eigenvalue weighted by molar-refractivity contribution is 14.1. The SMILES string of the molecule is CCCN1C(=O)C(=Cc2cc(I)c(OCc3ccccc3C#N)c(OC)c2)SC1=S. The third kappa shape index (κ3) is 4.96. The van der Waals surface area contributed by atoms with Crippen molar-refractivity contribution >= 4 is 62.9 Å². The molecule has 1 saturated heterocycles. The Hall–Kier alpha value is -2.09. The maximum absolute atomic E-state index is 12.6. The van der Waals surface area contributed by atoms with Gasteiger partial charge in [0.15, 0.2) is 11.5 Å². The third-order valence-electron chi connectivity index (χ3n) is 4.38. The van der Waals surface area contributed by atoms with Gasteiger partial charge in [-0.15, -0.1) is 0 Å². The Morgan fingerprint density at radius 2 is 2.10 bits per heavy atom. The Labute approximate surface area is 199 Å². The number of carbonyl (C=O) groups excluding carboxylic acids is 1. The van der Waals surface area contributed by atoms with Crippen LogP contribution in [0, 0.1) is 14.9 Å². The fourth-order valence-corrected chi connectivity index (χ4v) is 5.03. The number of nitrogens with zero attached hydrogens (tertiary/aromatic N) is 2. The van der Waals surface area contributed by atoms with Gasteiger partial charge in [-0.1, -0.05) is 49.1 Å².